The minimum absolute atomic E-state index is 0.0520. The van der Waals surface area contributed by atoms with Crippen molar-refractivity contribution in [3.05, 3.63) is 80.3 Å². The standard InChI is InChI=1S/C30H41N7O2/c1-19(2)33-28-25(16-31)24(29(38)32-17-26-20(3)14-21(4)34-30(26)39)15-27(35-28)23-10-8-22(9-11-23)18-37(7)13-12-36(5)6/h8-11,14-16,19,31H,12-13,17-18H2,1-7H3,(H,32,38)(H,33,35)(H,34,39). The van der Waals surface area contributed by atoms with E-state index < -0.39 is 0 Å². The van der Waals surface area contributed by atoms with Gasteiger partial charge >= 0.3 is 0 Å². The number of amides is 1. The normalized spacial score (nSPS) is 11.3. The number of aromatic amines is 1. The Morgan fingerprint density at radius 2 is 1.79 bits per heavy atom. The van der Waals surface area contributed by atoms with E-state index in [1.54, 1.807) is 6.07 Å². The van der Waals surface area contributed by atoms with Crippen LogP contribution >= 0.6 is 0 Å². The van der Waals surface area contributed by atoms with Gasteiger partial charge in [0.15, 0.2) is 0 Å². The lowest BCUT2D eigenvalue weighted by atomic mass is 10.0. The van der Waals surface area contributed by atoms with Crippen molar-refractivity contribution >= 4 is 17.9 Å². The van der Waals surface area contributed by atoms with Crippen LogP contribution < -0.4 is 16.2 Å². The smallest absolute Gasteiger partial charge is 0.253 e. The molecule has 3 aromatic rings. The summed E-state index contributed by atoms with van der Waals surface area (Å²) < 4.78 is 0. The Morgan fingerprint density at radius 3 is 2.38 bits per heavy atom. The number of hydrogen-bond acceptors (Lipinski definition) is 7. The molecular weight excluding hydrogens is 490 g/mol. The number of anilines is 1. The lowest BCUT2D eigenvalue weighted by Gasteiger charge is -2.19. The monoisotopic (exact) mass is 531 g/mol. The average molecular weight is 532 g/mol. The highest BCUT2D eigenvalue weighted by molar-refractivity contribution is 6.05. The van der Waals surface area contributed by atoms with Crippen LogP contribution in [0.15, 0.2) is 41.2 Å². The van der Waals surface area contributed by atoms with Crippen molar-refractivity contribution < 1.29 is 4.79 Å². The molecule has 0 radical (unpaired) electrons. The molecule has 0 aliphatic carbocycles. The summed E-state index contributed by atoms with van der Waals surface area (Å²) in [6.45, 7) is 10.5. The van der Waals surface area contributed by atoms with Crippen molar-refractivity contribution in [3.8, 4) is 11.3 Å². The quantitative estimate of drug-likeness (QED) is 0.264. The number of nitrogens with one attached hydrogen (secondary N) is 4. The molecule has 39 heavy (non-hydrogen) atoms. The van der Waals surface area contributed by atoms with Gasteiger partial charge in [-0.15, -0.1) is 0 Å². The molecule has 1 amide bonds. The maximum absolute atomic E-state index is 13.4. The Kier molecular flexibility index (Phi) is 10.1. The topological polar surface area (TPSA) is 117 Å². The Balaban J connectivity index is 1.91. The SMILES string of the molecule is Cc1cc(C)c(CNC(=O)c2cc(-c3ccc(CN(C)CCN(C)C)cc3)nc(NC(C)C)c2C=N)c(=O)[nH]1. The van der Waals surface area contributed by atoms with Gasteiger partial charge < -0.3 is 30.8 Å². The highest BCUT2D eigenvalue weighted by Crippen LogP contribution is 2.26. The Bertz CT molecular complexity index is 1360. The lowest BCUT2D eigenvalue weighted by Crippen LogP contribution is -2.29. The molecule has 9 nitrogen and oxygen atoms in total. The van der Waals surface area contributed by atoms with Gasteiger partial charge in [-0.3, -0.25) is 9.59 Å². The van der Waals surface area contributed by atoms with Crippen LogP contribution in [0.5, 0.6) is 0 Å². The van der Waals surface area contributed by atoms with Crippen molar-refractivity contribution in [2.75, 3.05) is 39.5 Å². The first-order valence-corrected chi connectivity index (χ1v) is 13.2. The van der Waals surface area contributed by atoms with Gasteiger partial charge in [-0.25, -0.2) is 4.98 Å². The van der Waals surface area contributed by atoms with E-state index in [0.717, 1.165) is 42.7 Å². The van der Waals surface area contributed by atoms with Gasteiger partial charge in [-0.05, 0) is 72.1 Å². The van der Waals surface area contributed by atoms with Gasteiger partial charge in [0.2, 0.25) is 0 Å². The van der Waals surface area contributed by atoms with Crippen molar-refractivity contribution in [1.82, 2.24) is 25.1 Å². The van der Waals surface area contributed by atoms with Crippen LogP contribution in [0.4, 0.5) is 5.82 Å². The summed E-state index contributed by atoms with van der Waals surface area (Å²) in [5.74, 6) is 0.0991. The minimum Gasteiger partial charge on any atom is -0.367 e. The molecule has 0 aliphatic heterocycles. The number of benzene rings is 1. The molecule has 0 aliphatic rings. The fraction of sp³-hybridized carbons (Fsp3) is 0.400. The third kappa shape index (κ3) is 8.08. The summed E-state index contributed by atoms with van der Waals surface area (Å²) in [5, 5.41) is 14.2. The molecule has 0 unspecified atom stereocenters. The molecule has 0 bridgehead atoms. The first kappa shape index (κ1) is 29.7. The van der Waals surface area contributed by atoms with Crippen LogP contribution in [0.1, 0.15) is 52.2 Å². The van der Waals surface area contributed by atoms with Crippen LogP contribution in [0.3, 0.4) is 0 Å². The first-order valence-electron chi connectivity index (χ1n) is 13.2. The van der Waals surface area contributed by atoms with Gasteiger partial charge in [-0.2, -0.15) is 0 Å². The van der Waals surface area contributed by atoms with Gasteiger partial charge in [0.1, 0.15) is 5.82 Å². The van der Waals surface area contributed by atoms with E-state index in [1.807, 2.05) is 45.9 Å². The summed E-state index contributed by atoms with van der Waals surface area (Å²) in [7, 11) is 6.24. The number of nitrogens with zero attached hydrogens (tertiary/aromatic N) is 3. The molecule has 1 aromatic carbocycles. The summed E-state index contributed by atoms with van der Waals surface area (Å²) in [4.78, 5) is 37.9. The summed E-state index contributed by atoms with van der Waals surface area (Å²) in [5.41, 5.74) is 5.29. The molecule has 0 saturated carbocycles. The maximum atomic E-state index is 13.4. The maximum Gasteiger partial charge on any atom is 0.253 e. The van der Waals surface area contributed by atoms with E-state index in [0.29, 0.717) is 28.2 Å². The summed E-state index contributed by atoms with van der Waals surface area (Å²) in [6.07, 6.45) is 1.15. The lowest BCUT2D eigenvalue weighted by molar-refractivity contribution is 0.0950. The van der Waals surface area contributed by atoms with E-state index in [1.165, 1.54) is 5.56 Å². The summed E-state index contributed by atoms with van der Waals surface area (Å²) >= 11 is 0. The number of H-pyrrole nitrogens is 1. The van der Waals surface area contributed by atoms with Crippen LogP contribution in [-0.2, 0) is 13.1 Å². The zero-order valence-electron chi connectivity index (χ0n) is 24.1. The molecule has 208 valence electrons. The van der Waals surface area contributed by atoms with Crippen molar-refractivity contribution in [1.29, 1.82) is 5.41 Å². The third-order valence-corrected chi connectivity index (χ3v) is 6.42. The Labute approximate surface area is 231 Å². The van der Waals surface area contributed by atoms with Crippen molar-refractivity contribution in [2.24, 2.45) is 0 Å². The van der Waals surface area contributed by atoms with Gasteiger partial charge in [0, 0.05) is 60.8 Å². The van der Waals surface area contributed by atoms with Crippen LogP contribution in [0.2, 0.25) is 0 Å². The zero-order valence-corrected chi connectivity index (χ0v) is 24.1. The number of rotatable bonds is 12. The molecule has 2 heterocycles. The van der Waals surface area contributed by atoms with Crippen molar-refractivity contribution in [2.45, 2.75) is 46.8 Å². The van der Waals surface area contributed by atoms with Gasteiger partial charge in [0.25, 0.3) is 11.5 Å². The van der Waals surface area contributed by atoms with E-state index in [-0.39, 0.29) is 24.1 Å². The highest BCUT2D eigenvalue weighted by atomic mass is 16.1. The molecule has 0 fully saturated rings. The number of hydrogen-bond donors (Lipinski definition) is 4. The molecular formula is C30H41N7O2. The van der Waals surface area contributed by atoms with E-state index in [4.69, 9.17) is 10.4 Å². The van der Waals surface area contributed by atoms with E-state index in [2.05, 4.69) is 58.7 Å². The number of aromatic nitrogens is 2. The van der Waals surface area contributed by atoms with E-state index >= 15 is 0 Å². The van der Waals surface area contributed by atoms with Gasteiger partial charge in [0.05, 0.1) is 11.3 Å². The number of pyridine rings is 2. The third-order valence-electron chi connectivity index (χ3n) is 6.42. The predicted molar refractivity (Wildman–Crippen MR) is 159 cm³/mol. The molecule has 0 saturated heterocycles. The van der Waals surface area contributed by atoms with E-state index in [9.17, 15) is 9.59 Å². The Morgan fingerprint density at radius 1 is 1.10 bits per heavy atom. The second-order valence-corrected chi connectivity index (χ2v) is 10.6. The molecule has 0 spiro atoms. The predicted octanol–water partition coefficient (Wildman–Crippen LogP) is 3.80. The second-order valence-electron chi connectivity index (χ2n) is 10.6. The van der Waals surface area contributed by atoms with Crippen LogP contribution in [-0.4, -0.2) is 72.2 Å². The number of carbonyl (C=O) groups is 1. The molecule has 0 atom stereocenters. The summed E-state index contributed by atoms with van der Waals surface area (Å²) in [6, 6.07) is 11.8. The molecule has 3 rings (SSSR count). The zero-order chi connectivity index (χ0) is 28.7. The molecule has 9 heteroatoms. The Hall–Kier alpha value is -3.82. The van der Waals surface area contributed by atoms with Crippen LogP contribution in [0, 0.1) is 19.3 Å². The minimum atomic E-state index is -0.373. The molecule has 4 N–H and O–H groups in total. The van der Waals surface area contributed by atoms with Crippen LogP contribution in [0.25, 0.3) is 11.3 Å². The average Bonchev–Trinajstić information content (AvgIpc) is 2.86. The number of carbonyl (C=O) groups excluding carboxylic acids is 1. The number of likely N-dealkylation sites (N-methyl/N-ethyl adjacent to an activating group) is 2. The first-order chi connectivity index (χ1) is 18.5. The van der Waals surface area contributed by atoms with Crippen molar-refractivity contribution in [3.63, 3.8) is 0 Å². The molecule has 2 aromatic heterocycles. The van der Waals surface area contributed by atoms with Gasteiger partial charge in [-0.1, -0.05) is 24.3 Å². The fourth-order valence-electron chi connectivity index (χ4n) is 4.33. The second kappa shape index (κ2) is 13.3. The fourth-order valence-corrected chi connectivity index (χ4v) is 4.33. The largest absolute Gasteiger partial charge is 0.367 e. The highest BCUT2D eigenvalue weighted by Gasteiger charge is 2.19. The number of aryl methyl sites for hydroxylation is 2.